The SMILES string of the molecule is CCCCCCCCCCC(=O)Oc1ccc(C(=O)Oc2ccc(C(=O)OCC)cc2)cc1.CCCCCCCCCCC(=O)Oc1ccc(C(=O)Oc2ccc(C(=O)OCC)cc2)cc1.CCCCCCCCCCC(=O)Oc1ccc(C(=O)Oc2ccc(C(=O)OCC)cc2)cc1. The second-order valence-corrected chi connectivity index (χ2v) is 23.6. The quantitative estimate of drug-likeness (QED) is 0.0150. The predicted molar refractivity (Wildman–Crippen MR) is 380 cm³/mol. The number of hydrogen-bond acceptors (Lipinski definition) is 18. The van der Waals surface area contributed by atoms with Crippen LogP contribution >= 0.6 is 0 Å². The van der Waals surface area contributed by atoms with Crippen LogP contribution in [-0.2, 0) is 28.6 Å². The molecule has 0 amide bonds. The molecule has 0 unspecified atom stereocenters. The van der Waals surface area contributed by atoms with Crippen LogP contribution in [0.2, 0.25) is 0 Å². The van der Waals surface area contributed by atoms with Crippen molar-refractivity contribution >= 4 is 53.7 Å². The van der Waals surface area contributed by atoms with Gasteiger partial charge in [0.25, 0.3) is 0 Å². The van der Waals surface area contributed by atoms with Crippen molar-refractivity contribution in [3.63, 3.8) is 0 Å². The Balaban J connectivity index is 0.000000315. The highest BCUT2D eigenvalue weighted by Gasteiger charge is 2.17. The maximum Gasteiger partial charge on any atom is 0.343 e. The Morgan fingerprint density at radius 3 is 0.545 bits per heavy atom. The van der Waals surface area contributed by atoms with Gasteiger partial charge < -0.3 is 42.6 Å². The molecular formula is C81H102O18. The first-order chi connectivity index (χ1) is 48.1. The molecule has 0 aromatic heterocycles. The summed E-state index contributed by atoms with van der Waals surface area (Å²) in [5.74, 6) is -1.58. The zero-order valence-electron chi connectivity index (χ0n) is 58.9. The van der Waals surface area contributed by atoms with Crippen LogP contribution in [0.4, 0.5) is 0 Å². The van der Waals surface area contributed by atoms with Gasteiger partial charge in [-0.2, -0.15) is 0 Å². The molecule has 0 bridgehead atoms. The molecule has 6 aromatic carbocycles. The highest BCUT2D eigenvalue weighted by atomic mass is 16.6. The van der Waals surface area contributed by atoms with Crippen LogP contribution in [0.3, 0.4) is 0 Å². The molecule has 99 heavy (non-hydrogen) atoms. The molecule has 0 saturated heterocycles. The first-order valence-electron chi connectivity index (χ1n) is 35.5. The van der Waals surface area contributed by atoms with E-state index in [2.05, 4.69) is 20.8 Å². The standard InChI is InChI=1S/3C27H34O6/c3*1-3-5-6-7-8-9-10-11-12-25(28)32-23-17-15-22(16-18-23)27(30)33-24-19-13-21(14-20-24)26(29)31-4-2/h3*13-20H,3-12H2,1-2H3. The van der Waals surface area contributed by atoms with E-state index in [4.69, 9.17) is 42.6 Å². The molecule has 18 heteroatoms. The lowest BCUT2D eigenvalue weighted by Gasteiger charge is -2.07. The molecule has 0 saturated carbocycles. The largest absolute Gasteiger partial charge is 0.462 e. The number of carbonyl (C=O) groups excluding carboxylic acids is 9. The Kier molecular flexibility index (Phi) is 41.4. The Bertz CT molecular complexity index is 2970. The molecule has 0 heterocycles. The van der Waals surface area contributed by atoms with Gasteiger partial charge in [-0.25, -0.2) is 28.8 Å². The average Bonchev–Trinajstić information content (AvgIpc) is 0.955. The molecular weight excluding hydrogens is 1260 g/mol. The Hall–Kier alpha value is -9.45. The van der Waals surface area contributed by atoms with Gasteiger partial charge in [-0.05, 0) is 186 Å². The highest BCUT2D eigenvalue weighted by Crippen LogP contribution is 2.23. The highest BCUT2D eigenvalue weighted by molar-refractivity contribution is 5.94. The van der Waals surface area contributed by atoms with E-state index < -0.39 is 35.8 Å². The van der Waals surface area contributed by atoms with Crippen molar-refractivity contribution in [2.75, 3.05) is 19.8 Å². The van der Waals surface area contributed by atoms with Crippen molar-refractivity contribution in [1.29, 1.82) is 0 Å². The van der Waals surface area contributed by atoms with E-state index in [1.807, 2.05) is 0 Å². The minimum atomic E-state index is -0.546. The van der Waals surface area contributed by atoms with E-state index in [1.54, 1.807) is 93.6 Å². The van der Waals surface area contributed by atoms with Crippen LogP contribution in [0.15, 0.2) is 146 Å². The van der Waals surface area contributed by atoms with Gasteiger partial charge in [-0.3, -0.25) is 14.4 Å². The molecule has 18 nitrogen and oxygen atoms in total. The van der Waals surface area contributed by atoms with Gasteiger partial charge in [0.1, 0.15) is 34.5 Å². The lowest BCUT2D eigenvalue weighted by Crippen LogP contribution is -2.10. The summed E-state index contributed by atoms with van der Waals surface area (Å²) >= 11 is 0. The zero-order valence-corrected chi connectivity index (χ0v) is 58.9. The Labute approximate surface area is 585 Å². The normalized spacial score (nSPS) is 10.5. The van der Waals surface area contributed by atoms with Crippen molar-refractivity contribution in [3.8, 4) is 34.5 Å². The summed E-state index contributed by atoms with van der Waals surface area (Å²) < 4.78 is 46.8. The summed E-state index contributed by atoms with van der Waals surface area (Å²) in [5.41, 5.74) is 2.13. The first-order valence-corrected chi connectivity index (χ1v) is 35.5. The number of rotatable bonds is 42. The van der Waals surface area contributed by atoms with Crippen molar-refractivity contribution < 1.29 is 85.8 Å². The van der Waals surface area contributed by atoms with E-state index in [9.17, 15) is 43.2 Å². The minimum Gasteiger partial charge on any atom is -0.462 e. The molecule has 0 spiro atoms. The molecule has 0 N–H and O–H groups in total. The second kappa shape index (κ2) is 50.0. The number of benzene rings is 6. The molecule has 6 aromatic rings. The fourth-order valence-corrected chi connectivity index (χ4v) is 9.85. The topological polar surface area (TPSA) is 237 Å². The number of carbonyl (C=O) groups is 9. The fraction of sp³-hybridized carbons (Fsp3) is 0.444. The number of hydrogen-bond donors (Lipinski definition) is 0. The van der Waals surface area contributed by atoms with Gasteiger partial charge in [-0.15, -0.1) is 0 Å². The van der Waals surface area contributed by atoms with Gasteiger partial charge in [0.15, 0.2) is 0 Å². The summed E-state index contributed by atoms with van der Waals surface area (Å²) in [6.07, 6.45) is 29.2. The van der Waals surface area contributed by atoms with Crippen molar-refractivity contribution in [2.45, 2.75) is 215 Å². The number of ether oxygens (including phenoxy) is 9. The Morgan fingerprint density at radius 2 is 0.364 bits per heavy atom. The lowest BCUT2D eigenvalue weighted by molar-refractivity contribution is -0.135. The maximum absolute atomic E-state index is 12.3. The van der Waals surface area contributed by atoms with Gasteiger partial charge >= 0.3 is 53.7 Å². The summed E-state index contributed by atoms with van der Waals surface area (Å²) in [4.78, 5) is 108. The third-order valence-electron chi connectivity index (χ3n) is 15.4. The maximum atomic E-state index is 12.3. The van der Waals surface area contributed by atoms with Crippen LogP contribution < -0.4 is 28.4 Å². The molecule has 0 radical (unpaired) electrons. The van der Waals surface area contributed by atoms with Crippen LogP contribution in [0.5, 0.6) is 34.5 Å². The Morgan fingerprint density at radius 1 is 0.202 bits per heavy atom. The first kappa shape index (κ1) is 82.0. The van der Waals surface area contributed by atoms with Gasteiger partial charge in [0.05, 0.1) is 53.2 Å². The number of unbranched alkanes of at least 4 members (excludes halogenated alkanes) is 21. The monoisotopic (exact) mass is 1360 g/mol. The minimum absolute atomic E-state index is 0.266. The third kappa shape index (κ3) is 35.1. The van der Waals surface area contributed by atoms with Crippen molar-refractivity contribution in [3.05, 3.63) is 179 Å². The van der Waals surface area contributed by atoms with Crippen molar-refractivity contribution in [1.82, 2.24) is 0 Å². The van der Waals surface area contributed by atoms with E-state index >= 15 is 0 Å². The van der Waals surface area contributed by atoms with E-state index in [-0.39, 0.29) is 17.9 Å². The summed E-state index contributed by atoms with van der Waals surface area (Å²) in [7, 11) is 0. The summed E-state index contributed by atoms with van der Waals surface area (Å²) in [6, 6.07) is 37.2. The lowest BCUT2D eigenvalue weighted by atomic mass is 10.1. The van der Waals surface area contributed by atoms with Crippen LogP contribution in [0.1, 0.15) is 277 Å². The second-order valence-electron chi connectivity index (χ2n) is 23.6. The van der Waals surface area contributed by atoms with Crippen molar-refractivity contribution in [2.24, 2.45) is 0 Å². The van der Waals surface area contributed by atoms with Gasteiger partial charge in [-0.1, -0.05) is 156 Å². The van der Waals surface area contributed by atoms with Crippen LogP contribution in [-0.4, -0.2) is 73.5 Å². The average molecular weight is 1360 g/mol. The van der Waals surface area contributed by atoms with E-state index in [1.165, 1.54) is 169 Å². The van der Waals surface area contributed by atoms with E-state index in [0.717, 1.165) is 57.8 Å². The smallest absolute Gasteiger partial charge is 0.343 e. The number of esters is 9. The zero-order chi connectivity index (χ0) is 71.7. The summed E-state index contributed by atoms with van der Waals surface area (Å²) in [6.45, 7) is 12.7. The molecule has 6 rings (SSSR count). The molecule has 0 aliphatic heterocycles. The molecule has 0 aliphatic rings. The van der Waals surface area contributed by atoms with E-state index in [0.29, 0.717) is 107 Å². The van der Waals surface area contributed by atoms with Crippen LogP contribution in [0.25, 0.3) is 0 Å². The van der Waals surface area contributed by atoms with Gasteiger partial charge in [0.2, 0.25) is 0 Å². The molecule has 534 valence electrons. The molecule has 0 fully saturated rings. The fourth-order valence-electron chi connectivity index (χ4n) is 9.85. The molecule has 0 atom stereocenters. The third-order valence-corrected chi connectivity index (χ3v) is 15.4. The predicted octanol–water partition coefficient (Wildman–Crippen LogP) is 19.6. The van der Waals surface area contributed by atoms with Crippen LogP contribution in [0, 0.1) is 0 Å². The molecule has 0 aliphatic carbocycles. The summed E-state index contributed by atoms with van der Waals surface area (Å²) in [5, 5.41) is 0. The van der Waals surface area contributed by atoms with Gasteiger partial charge in [0, 0.05) is 19.3 Å².